The third-order valence-electron chi connectivity index (χ3n) is 6.68. The summed E-state index contributed by atoms with van der Waals surface area (Å²) in [6, 6.07) is 43.1. The first-order valence-electron chi connectivity index (χ1n) is 13.2. The zero-order valence-corrected chi connectivity index (χ0v) is 24.1. The highest BCUT2D eigenvalue weighted by atomic mass is 31.1. The Labute approximate surface area is 229 Å². The summed E-state index contributed by atoms with van der Waals surface area (Å²) in [5, 5.41) is 5.28. The summed E-state index contributed by atoms with van der Waals surface area (Å²) in [4.78, 5) is 15.9. The fourth-order valence-electron chi connectivity index (χ4n) is 5.16. The standard InChI is InChI=1S/C33H35NO2P2/c1-33(2,3)36-32(35)34-25-30(37(26-16-8-4-9-17-26)27-18-10-5-11-19-27)24-31(34)38(28-20-12-6-13-21-28)29-22-14-7-15-23-29/h4-23,30-31H,24-25H2,1-3H3. The number of likely N-dealkylation sites (tertiary alicyclic amines) is 1. The Balaban J connectivity index is 1.60. The fraction of sp³-hybridized carbons (Fsp3) is 0.242. The van der Waals surface area contributed by atoms with Crippen molar-refractivity contribution in [3.05, 3.63) is 121 Å². The second-order valence-electron chi connectivity index (χ2n) is 10.6. The van der Waals surface area contributed by atoms with Crippen LogP contribution in [0.3, 0.4) is 0 Å². The van der Waals surface area contributed by atoms with Gasteiger partial charge in [0.2, 0.25) is 0 Å². The lowest BCUT2D eigenvalue weighted by molar-refractivity contribution is 0.0275. The molecule has 2 unspecified atom stereocenters. The van der Waals surface area contributed by atoms with Gasteiger partial charge in [-0.3, -0.25) is 0 Å². The van der Waals surface area contributed by atoms with Crippen LogP contribution in [-0.2, 0) is 4.74 Å². The molecule has 0 N–H and O–H groups in total. The highest BCUT2D eigenvalue weighted by molar-refractivity contribution is 7.74. The molecule has 2 atom stereocenters. The lowest BCUT2D eigenvalue weighted by Crippen LogP contribution is -2.41. The number of carbonyl (C=O) groups excluding carboxylic acids is 1. The number of carbonyl (C=O) groups is 1. The van der Waals surface area contributed by atoms with Crippen molar-refractivity contribution in [2.75, 3.05) is 6.54 Å². The van der Waals surface area contributed by atoms with Crippen LogP contribution in [-0.4, -0.2) is 34.6 Å². The van der Waals surface area contributed by atoms with E-state index in [-0.39, 0.29) is 11.9 Å². The Morgan fingerprint density at radius 1 is 0.658 bits per heavy atom. The number of ether oxygens (including phenoxy) is 1. The molecule has 1 saturated heterocycles. The van der Waals surface area contributed by atoms with Crippen molar-refractivity contribution in [3.63, 3.8) is 0 Å². The average molecular weight is 540 g/mol. The summed E-state index contributed by atoms with van der Waals surface area (Å²) < 4.78 is 6.02. The number of hydrogen-bond acceptors (Lipinski definition) is 2. The Morgan fingerprint density at radius 3 is 1.39 bits per heavy atom. The van der Waals surface area contributed by atoms with Crippen molar-refractivity contribution >= 4 is 43.2 Å². The van der Waals surface area contributed by atoms with Crippen molar-refractivity contribution < 1.29 is 9.53 Å². The zero-order chi connectivity index (χ0) is 26.5. The third kappa shape index (κ3) is 6.17. The van der Waals surface area contributed by atoms with Gasteiger partial charge in [-0.05, 0) is 64.3 Å². The SMILES string of the molecule is CC(C)(C)OC(=O)N1CC(P(c2ccccc2)c2ccccc2)CC1P(c1ccccc1)c1ccccc1. The summed E-state index contributed by atoms with van der Waals surface area (Å²) in [7, 11) is -1.48. The van der Waals surface area contributed by atoms with Gasteiger partial charge in [-0.1, -0.05) is 121 Å². The van der Waals surface area contributed by atoms with E-state index in [1.54, 1.807) is 0 Å². The zero-order valence-electron chi connectivity index (χ0n) is 22.3. The van der Waals surface area contributed by atoms with Crippen LogP contribution < -0.4 is 21.2 Å². The minimum atomic E-state index is -0.819. The van der Waals surface area contributed by atoms with Gasteiger partial charge in [0.1, 0.15) is 5.60 Å². The maximum absolute atomic E-state index is 13.8. The quantitative estimate of drug-likeness (QED) is 0.259. The van der Waals surface area contributed by atoms with Crippen molar-refractivity contribution in [2.24, 2.45) is 0 Å². The molecule has 3 nitrogen and oxygen atoms in total. The number of benzene rings is 4. The maximum Gasteiger partial charge on any atom is 0.410 e. The number of hydrogen-bond donors (Lipinski definition) is 0. The molecule has 0 spiro atoms. The van der Waals surface area contributed by atoms with Gasteiger partial charge in [0.15, 0.2) is 0 Å². The molecule has 5 heteroatoms. The van der Waals surface area contributed by atoms with E-state index in [4.69, 9.17) is 4.74 Å². The summed E-state index contributed by atoms with van der Waals surface area (Å²) in [6.45, 7) is 6.54. The highest BCUT2D eigenvalue weighted by Gasteiger charge is 2.45. The minimum Gasteiger partial charge on any atom is -0.444 e. The van der Waals surface area contributed by atoms with Gasteiger partial charge in [0.05, 0.1) is 5.78 Å². The first-order valence-corrected chi connectivity index (χ1v) is 16.0. The second-order valence-corrected chi connectivity index (χ2v) is 15.5. The smallest absolute Gasteiger partial charge is 0.410 e. The van der Waals surface area contributed by atoms with E-state index >= 15 is 0 Å². The molecule has 1 aliphatic heterocycles. The number of rotatable bonds is 6. The molecule has 1 heterocycles. The van der Waals surface area contributed by atoms with Crippen LogP contribution in [0.5, 0.6) is 0 Å². The summed E-state index contributed by atoms with van der Waals surface area (Å²) in [5.74, 6) is 0.0482. The molecule has 1 amide bonds. The molecule has 4 aromatic carbocycles. The number of amides is 1. The largest absolute Gasteiger partial charge is 0.444 e. The maximum atomic E-state index is 13.8. The summed E-state index contributed by atoms with van der Waals surface area (Å²) in [5.41, 5.74) is -0.226. The lowest BCUT2D eigenvalue weighted by atomic mass is 10.2. The average Bonchev–Trinajstić information content (AvgIpc) is 3.35. The van der Waals surface area contributed by atoms with Gasteiger partial charge in [0.25, 0.3) is 0 Å². The van der Waals surface area contributed by atoms with E-state index in [9.17, 15) is 4.79 Å². The van der Waals surface area contributed by atoms with Gasteiger partial charge < -0.3 is 9.64 Å². The molecule has 0 aliphatic carbocycles. The third-order valence-corrected chi connectivity index (χ3v) is 12.3. The molecule has 0 saturated carbocycles. The van der Waals surface area contributed by atoms with Crippen LogP contribution in [0.1, 0.15) is 27.2 Å². The minimum absolute atomic E-state index is 0.0482. The van der Waals surface area contributed by atoms with E-state index < -0.39 is 21.4 Å². The second kappa shape index (κ2) is 11.8. The van der Waals surface area contributed by atoms with E-state index in [2.05, 4.69) is 126 Å². The molecule has 38 heavy (non-hydrogen) atoms. The molecular weight excluding hydrogens is 504 g/mol. The van der Waals surface area contributed by atoms with Crippen LogP contribution in [0.2, 0.25) is 0 Å². The molecule has 0 bridgehead atoms. The van der Waals surface area contributed by atoms with E-state index in [0.717, 1.165) is 6.42 Å². The van der Waals surface area contributed by atoms with Crippen LogP contribution >= 0.6 is 15.8 Å². The van der Waals surface area contributed by atoms with Gasteiger partial charge in [0, 0.05) is 12.2 Å². The van der Waals surface area contributed by atoms with Crippen molar-refractivity contribution in [1.29, 1.82) is 0 Å². The topological polar surface area (TPSA) is 29.5 Å². The van der Waals surface area contributed by atoms with Crippen LogP contribution in [0, 0.1) is 0 Å². The van der Waals surface area contributed by atoms with E-state index in [1.807, 2.05) is 20.8 Å². The predicted molar refractivity (Wildman–Crippen MR) is 163 cm³/mol. The molecule has 1 aliphatic rings. The first kappa shape index (κ1) is 26.6. The molecule has 0 radical (unpaired) electrons. The Hall–Kier alpha value is -2.99. The Bertz CT molecular complexity index is 1230. The predicted octanol–water partition coefficient (Wildman–Crippen LogP) is 6.59. The molecule has 0 aromatic heterocycles. The summed E-state index contributed by atoms with van der Waals surface area (Å²) in [6.07, 6.45) is 0.727. The van der Waals surface area contributed by atoms with Crippen molar-refractivity contribution in [2.45, 2.75) is 44.2 Å². The molecule has 1 fully saturated rings. The molecule has 194 valence electrons. The van der Waals surface area contributed by atoms with Gasteiger partial charge in [-0.15, -0.1) is 0 Å². The van der Waals surface area contributed by atoms with Crippen molar-refractivity contribution in [3.8, 4) is 0 Å². The normalized spacial score (nSPS) is 17.7. The fourth-order valence-corrected chi connectivity index (χ4v) is 11.1. The van der Waals surface area contributed by atoms with Crippen LogP contribution in [0.4, 0.5) is 4.79 Å². The van der Waals surface area contributed by atoms with Crippen LogP contribution in [0.25, 0.3) is 0 Å². The van der Waals surface area contributed by atoms with E-state index in [1.165, 1.54) is 21.2 Å². The lowest BCUT2D eigenvalue weighted by Gasteiger charge is -2.34. The monoisotopic (exact) mass is 539 g/mol. The van der Waals surface area contributed by atoms with Crippen molar-refractivity contribution in [1.82, 2.24) is 4.90 Å². The summed E-state index contributed by atoms with van der Waals surface area (Å²) >= 11 is 0. The van der Waals surface area contributed by atoms with Crippen LogP contribution in [0.15, 0.2) is 121 Å². The van der Waals surface area contributed by atoms with Gasteiger partial charge in [-0.25, -0.2) is 4.79 Å². The highest BCUT2D eigenvalue weighted by Crippen LogP contribution is 2.53. The Morgan fingerprint density at radius 2 is 1.03 bits per heavy atom. The molecule has 5 rings (SSSR count). The molecule has 4 aromatic rings. The number of nitrogens with zero attached hydrogens (tertiary/aromatic N) is 1. The molecular formula is C33H35NO2P2. The van der Waals surface area contributed by atoms with E-state index in [0.29, 0.717) is 12.2 Å². The Kier molecular flexibility index (Phi) is 8.27. The van der Waals surface area contributed by atoms with Gasteiger partial charge >= 0.3 is 6.09 Å². The van der Waals surface area contributed by atoms with Gasteiger partial charge in [-0.2, -0.15) is 0 Å². The first-order chi connectivity index (χ1) is 18.4.